The van der Waals surface area contributed by atoms with Gasteiger partial charge in [0, 0.05) is 16.0 Å². The number of halogens is 1. The largest absolute Gasteiger partial charge is 0.507 e. The quantitative estimate of drug-likeness (QED) is 0.288. The van der Waals surface area contributed by atoms with E-state index in [9.17, 15) is 5.11 Å². The highest BCUT2D eigenvalue weighted by atomic mass is 35.5. The van der Waals surface area contributed by atoms with Crippen LogP contribution in [0.4, 0.5) is 0 Å². The Balaban J connectivity index is 1.88. The SMILES string of the molecule is Oc1ccc(Cl)cc1-c1oc2ccc3ccccc3c2c2cc3ccccc3c1-2. The topological polar surface area (TPSA) is 33.4 Å². The fourth-order valence-electron chi connectivity index (χ4n) is 4.32. The molecule has 138 valence electrons. The molecule has 1 N–H and O–H groups in total. The zero-order valence-electron chi connectivity index (χ0n) is 15.3. The second-order valence-corrected chi connectivity index (χ2v) is 7.71. The maximum Gasteiger partial charge on any atom is 0.146 e. The Morgan fingerprint density at radius 2 is 1.45 bits per heavy atom. The summed E-state index contributed by atoms with van der Waals surface area (Å²) in [5.74, 6) is 0.772. The summed E-state index contributed by atoms with van der Waals surface area (Å²) in [6.07, 6.45) is 0. The van der Waals surface area contributed by atoms with E-state index in [4.69, 9.17) is 16.0 Å². The molecular weight excluding hydrogens is 380 g/mol. The molecule has 0 unspecified atom stereocenters. The maximum absolute atomic E-state index is 10.6. The second-order valence-electron chi connectivity index (χ2n) is 7.27. The molecule has 3 heteroatoms. The van der Waals surface area contributed by atoms with Crippen molar-refractivity contribution in [3.8, 4) is 28.2 Å². The van der Waals surface area contributed by atoms with E-state index in [1.54, 1.807) is 18.2 Å². The fraction of sp³-hybridized carbons (Fsp3) is 0. The van der Waals surface area contributed by atoms with Gasteiger partial charge in [0.2, 0.25) is 0 Å². The molecule has 2 nitrogen and oxygen atoms in total. The van der Waals surface area contributed by atoms with Crippen LogP contribution in [0, 0.1) is 0 Å². The van der Waals surface area contributed by atoms with Crippen molar-refractivity contribution in [1.29, 1.82) is 0 Å². The Bertz CT molecular complexity index is 1530. The first-order valence-corrected chi connectivity index (χ1v) is 9.83. The monoisotopic (exact) mass is 394 g/mol. The summed E-state index contributed by atoms with van der Waals surface area (Å²) in [5, 5.41) is 16.8. The lowest BCUT2D eigenvalue weighted by molar-refractivity contribution is 0.474. The van der Waals surface area contributed by atoms with Gasteiger partial charge in [-0.1, -0.05) is 66.2 Å². The van der Waals surface area contributed by atoms with Crippen molar-refractivity contribution in [2.75, 3.05) is 0 Å². The lowest BCUT2D eigenvalue weighted by Crippen LogP contribution is -1.89. The Morgan fingerprint density at radius 1 is 0.690 bits per heavy atom. The van der Waals surface area contributed by atoms with Crippen LogP contribution < -0.4 is 0 Å². The summed E-state index contributed by atoms with van der Waals surface area (Å²) < 4.78 is 6.45. The Morgan fingerprint density at radius 3 is 2.31 bits per heavy atom. The Hall–Kier alpha value is -3.49. The van der Waals surface area contributed by atoms with Gasteiger partial charge in [0.05, 0.1) is 5.56 Å². The Labute approximate surface area is 171 Å². The molecule has 0 spiro atoms. The van der Waals surface area contributed by atoms with Crippen molar-refractivity contribution in [3.05, 3.63) is 90.0 Å². The van der Waals surface area contributed by atoms with Gasteiger partial charge in [-0.2, -0.15) is 0 Å². The van der Waals surface area contributed by atoms with Gasteiger partial charge in [0.1, 0.15) is 17.1 Å². The summed E-state index contributed by atoms with van der Waals surface area (Å²) in [5.41, 5.74) is 3.47. The van der Waals surface area contributed by atoms with Gasteiger partial charge in [0.25, 0.3) is 0 Å². The molecule has 0 bridgehead atoms. The molecule has 4 aromatic carbocycles. The van der Waals surface area contributed by atoms with Crippen LogP contribution in [0.3, 0.4) is 0 Å². The van der Waals surface area contributed by atoms with Crippen molar-refractivity contribution in [1.82, 2.24) is 0 Å². The molecule has 0 fully saturated rings. The lowest BCUT2D eigenvalue weighted by atomic mass is 9.95. The van der Waals surface area contributed by atoms with Crippen molar-refractivity contribution in [2.45, 2.75) is 0 Å². The summed E-state index contributed by atoms with van der Waals surface area (Å²) in [7, 11) is 0. The number of benzene rings is 4. The number of aromatic hydroxyl groups is 1. The molecule has 1 heterocycles. The van der Waals surface area contributed by atoms with Crippen LogP contribution in [0.5, 0.6) is 5.75 Å². The van der Waals surface area contributed by atoms with E-state index in [2.05, 4.69) is 36.4 Å². The van der Waals surface area contributed by atoms with E-state index >= 15 is 0 Å². The summed E-state index contributed by atoms with van der Waals surface area (Å²) >= 11 is 6.25. The van der Waals surface area contributed by atoms with Crippen molar-refractivity contribution in [3.63, 3.8) is 0 Å². The number of fused-ring (bicyclic) bond motifs is 7. The van der Waals surface area contributed by atoms with Crippen LogP contribution in [-0.4, -0.2) is 5.11 Å². The van der Waals surface area contributed by atoms with Crippen LogP contribution in [0.1, 0.15) is 0 Å². The first-order valence-electron chi connectivity index (χ1n) is 9.45. The first kappa shape index (κ1) is 16.5. The molecule has 0 aromatic heterocycles. The van der Waals surface area contributed by atoms with Gasteiger partial charge in [-0.25, -0.2) is 0 Å². The van der Waals surface area contributed by atoms with E-state index in [1.165, 1.54) is 5.39 Å². The average molecular weight is 395 g/mol. The number of rotatable bonds is 1. The minimum atomic E-state index is 0.143. The average Bonchev–Trinajstić information content (AvgIpc) is 3.14. The molecule has 0 saturated heterocycles. The van der Waals surface area contributed by atoms with Gasteiger partial charge in [0.15, 0.2) is 0 Å². The number of hydrogen-bond donors (Lipinski definition) is 1. The zero-order valence-corrected chi connectivity index (χ0v) is 16.1. The third-order valence-electron chi connectivity index (χ3n) is 5.60. The van der Waals surface area contributed by atoms with Crippen LogP contribution in [0.25, 0.3) is 55.0 Å². The molecular formula is C26H15ClO2. The molecule has 0 atom stereocenters. The third kappa shape index (κ3) is 2.36. The van der Waals surface area contributed by atoms with Crippen molar-refractivity contribution in [2.24, 2.45) is 0 Å². The van der Waals surface area contributed by atoms with Crippen molar-refractivity contribution >= 4 is 44.1 Å². The van der Waals surface area contributed by atoms with Crippen molar-refractivity contribution < 1.29 is 9.52 Å². The molecule has 6 rings (SSSR count). The highest BCUT2D eigenvalue weighted by molar-refractivity contribution is 6.31. The predicted molar refractivity (Wildman–Crippen MR) is 120 cm³/mol. The summed E-state index contributed by atoms with van der Waals surface area (Å²) in [6.45, 7) is 0. The van der Waals surface area contributed by atoms with Crippen LogP contribution >= 0.6 is 11.6 Å². The van der Waals surface area contributed by atoms with Gasteiger partial charge >= 0.3 is 0 Å². The maximum atomic E-state index is 10.6. The predicted octanol–water partition coefficient (Wildman–Crippen LogP) is 7.87. The zero-order chi connectivity index (χ0) is 19.5. The highest BCUT2D eigenvalue weighted by Gasteiger charge is 2.24. The molecule has 2 aliphatic rings. The van der Waals surface area contributed by atoms with E-state index in [0.717, 1.165) is 38.3 Å². The van der Waals surface area contributed by atoms with Gasteiger partial charge in [-0.05, 0) is 57.4 Å². The molecule has 0 radical (unpaired) electrons. The third-order valence-corrected chi connectivity index (χ3v) is 5.84. The first-order chi connectivity index (χ1) is 14.2. The minimum Gasteiger partial charge on any atom is -0.507 e. The molecule has 4 aromatic rings. The number of hydrogen-bond acceptors (Lipinski definition) is 2. The van der Waals surface area contributed by atoms with E-state index in [0.29, 0.717) is 16.3 Å². The standard InChI is InChI=1S/C26H15ClO2/c27-17-10-11-22(28)20(14-17)26-25-19-8-4-2-6-16(19)13-21(25)24-18-7-3-1-5-15(18)9-12-23(24)29-26/h1-14,28H. The van der Waals surface area contributed by atoms with E-state index < -0.39 is 0 Å². The summed E-state index contributed by atoms with van der Waals surface area (Å²) in [6, 6.07) is 27.9. The van der Waals surface area contributed by atoms with Gasteiger partial charge in [-0.3, -0.25) is 0 Å². The van der Waals surface area contributed by atoms with Gasteiger partial charge in [-0.15, -0.1) is 0 Å². The van der Waals surface area contributed by atoms with E-state index in [1.807, 2.05) is 30.3 Å². The summed E-state index contributed by atoms with van der Waals surface area (Å²) in [4.78, 5) is 0. The molecule has 0 amide bonds. The molecule has 1 aliphatic heterocycles. The fourth-order valence-corrected chi connectivity index (χ4v) is 4.49. The molecule has 1 aliphatic carbocycles. The van der Waals surface area contributed by atoms with Gasteiger partial charge < -0.3 is 9.52 Å². The number of phenolic OH excluding ortho intramolecular Hbond substituents is 1. The van der Waals surface area contributed by atoms with Crippen LogP contribution in [0.2, 0.25) is 5.02 Å². The molecule has 29 heavy (non-hydrogen) atoms. The minimum absolute atomic E-state index is 0.143. The van der Waals surface area contributed by atoms with Crippen LogP contribution in [-0.2, 0) is 0 Å². The lowest BCUT2D eigenvalue weighted by Gasteiger charge is -2.15. The Kier molecular flexibility index (Phi) is 3.41. The smallest absolute Gasteiger partial charge is 0.146 e. The highest BCUT2D eigenvalue weighted by Crippen LogP contribution is 2.49. The number of phenols is 1. The van der Waals surface area contributed by atoms with Crippen LogP contribution in [0.15, 0.2) is 89.3 Å². The second kappa shape index (κ2) is 6.00. The molecule has 0 saturated carbocycles. The normalized spacial score (nSPS) is 11.8. The van der Waals surface area contributed by atoms with E-state index in [-0.39, 0.29) is 5.75 Å².